The smallest absolute Gasteiger partial charge is 0.230 e. The van der Waals surface area contributed by atoms with Gasteiger partial charge in [0.05, 0.1) is 12.0 Å². The second kappa shape index (κ2) is 7.25. The van der Waals surface area contributed by atoms with E-state index in [-0.39, 0.29) is 5.91 Å². The first-order valence-electron chi connectivity index (χ1n) is 10.5. The third kappa shape index (κ3) is 3.38. The van der Waals surface area contributed by atoms with Crippen LogP contribution in [0.1, 0.15) is 45.4 Å². The molecule has 4 aliphatic carbocycles. The highest BCUT2D eigenvalue weighted by atomic mass is 32.2. The number of amides is 1. The summed E-state index contributed by atoms with van der Waals surface area (Å²) in [6.07, 6.45) is 9.92. The maximum absolute atomic E-state index is 12.5. The van der Waals surface area contributed by atoms with Gasteiger partial charge in [0, 0.05) is 13.1 Å². The maximum Gasteiger partial charge on any atom is 0.230 e. The van der Waals surface area contributed by atoms with Gasteiger partial charge in [-0.15, -0.1) is 10.2 Å². The lowest BCUT2D eigenvalue weighted by Crippen LogP contribution is -2.51. The van der Waals surface area contributed by atoms with Crippen molar-refractivity contribution < 1.29 is 9.21 Å². The van der Waals surface area contributed by atoms with Crippen molar-refractivity contribution in [3.8, 4) is 11.6 Å². The molecule has 4 aliphatic rings. The van der Waals surface area contributed by atoms with Crippen molar-refractivity contribution in [2.24, 2.45) is 23.2 Å². The third-order valence-corrected chi connectivity index (χ3v) is 7.90. The highest BCUT2D eigenvalue weighted by Gasteiger charge is 2.50. The number of hydrogen-bond acceptors (Lipinski definition) is 5. The SMILES string of the molecule is CCn1c(SCC(=O)NCC23CC4CC(CC(C4)C2)C3)nnc1-c1ccco1. The van der Waals surface area contributed by atoms with Gasteiger partial charge in [-0.2, -0.15) is 0 Å². The number of carbonyl (C=O) groups is 1. The summed E-state index contributed by atoms with van der Waals surface area (Å²) >= 11 is 1.45. The molecule has 0 unspecified atom stereocenters. The second-order valence-electron chi connectivity index (χ2n) is 9.01. The normalized spacial score (nSPS) is 30.7. The van der Waals surface area contributed by atoms with Crippen molar-refractivity contribution in [3.05, 3.63) is 18.4 Å². The maximum atomic E-state index is 12.5. The van der Waals surface area contributed by atoms with Crippen molar-refractivity contribution in [2.75, 3.05) is 12.3 Å². The molecule has 0 aliphatic heterocycles. The molecule has 150 valence electrons. The van der Waals surface area contributed by atoms with E-state index < -0.39 is 0 Å². The molecule has 1 N–H and O–H groups in total. The van der Waals surface area contributed by atoms with Crippen LogP contribution in [-0.4, -0.2) is 33.0 Å². The average molecular weight is 401 g/mol. The van der Waals surface area contributed by atoms with Gasteiger partial charge in [0.2, 0.25) is 5.91 Å². The summed E-state index contributed by atoms with van der Waals surface area (Å²) in [6, 6.07) is 3.72. The molecule has 6 rings (SSSR count). The fourth-order valence-electron chi connectivity index (χ4n) is 6.24. The van der Waals surface area contributed by atoms with Crippen LogP contribution < -0.4 is 5.32 Å². The first-order chi connectivity index (χ1) is 13.6. The Hall–Kier alpha value is -1.76. The molecule has 2 aromatic heterocycles. The van der Waals surface area contributed by atoms with Gasteiger partial charge in [0.15, 0.2) is 16.7 Å². The molecular weight excluding hydrogens is 372 g/mol. The van der Waals surface area contributed by atoms with Gasteiger partial charge in [0.25, 0.3) is 0 Å². The molecule has 2 aromatic rings. The number of furan rings is 1. The summed E-state index contributed by atoms with van der Waals surface area (Å²) in [6.45, 7) is 3.64. The fraction of sp³-hybridized carbons (Fsp3) is 0.667. The quantitative estimate of drug-likeness (QED) is 0.712. The van der Waals surface area contributed by atoms with Crippen molar-refractivity contribution >= 4 is 17.7 Å². The molecule has 4 bridgehead atoms. The summed E-state index contributed by atoms with van der Waals surface area (Å²) in [5, 5.41) is 12.5. The topological polar surface area (TPSA) is 73.0 Å². The van der Waals surface area contributed by atoms with Gasteiger partial charge in [-0.3, -0.25) is 9.36 Å². The predicted molar refractivity (Wildman–Crippen MR) is 108 cm³/mol. The third-order valence-electron chi connectivity index (χ3n) is 6.93. The highest BCUT2D eigenvalue weighted by Crippen LogP contribution is 2.59. The van der Waals surface area contributed by atoms with E-state index >= 15 is 0 Å². The molecule has 1 amide bonds. The van der Waals surface area contributed by atoms with Crippen LogP contribution in [0, 0.1) is 23.2 Å². The molecule has 2 heterocycles. The summed E-state index contributed by atoms with van der Waals surface area (Å²) in [7, 11) is 0. The Kier molecular flexibility index (Phi) is 4.73. The lowest BCUT2D eigenvalue weighted by Gasteiger charge is -2.56. The highest BCUT2D eigenvalue weighted by molar-refractivity contribution is 7.99. The summed E-state index contributed by atoms with van der Waals surface area (Å²) in [5.74, 6) is 4.65. The van der Waals surface area contributed by atoms with Crippen LogP contribution in [0.3, 0.4) is 0 Å². The van der Waals surface area contributed by atoms with Gasteiger partial charge < -0.3 is 9.73 Å². The zero-order chi connectivity index (χ0) is 19.1. The fourth-order valence-corrected chi connectivity index (χ4v) is 7.07. The van der Waals surface area contributed by atoms with E-state index in [4.69, 9.17) is 4.42 Å². The van der Waals surface area contributed by atoms with Crippen LogP contribution in [0.4, 0.5) is 0 Å². The lowest BCUT2D eigenvalue weighted by molar-refractivity contribution is -0.120. The van der Waals surface area contributed by atoms with E-state index in [2.05, 4.69) is 15.5 Å². The zero-order valence-electron chi connectivity index (χ0n) is 16.4. The van der Waals surface area contributed by atoms with Crippen LogP contribution in [0.5, 0.6) is 0 Å². The zero-order valence-corrected chi connectivity index (χ0v) is 17.2. The Morgan fingerprint density at radius 3 is 2.57 bits per heavy atom. The number of carbonyl (C=O) groups excluding carboxylic acids is 1. The molecule has 0 atom stereocenters. The van der Waals surface area contributed by atoms with Gasteiger partial charge in [-0.25, -0.2) is 0 Å². The number of hydrogen-bond donors (Lipinski definition) is 1. The van der Waals surface area contributed by atoms with Crippen molar-refractivity contribution in [2.45, 2.75) is 57.1 Å². The Morgan fingerprint density at radius 2 is 1.96 bits per heavy atom. The summed E-state index contributed by atoms with van der Waals surface area (Å²) < 4.78 is 7.44. The molecule has 28 heavy (non-hydrogen) atoms. The first-order valence-corrected chi connectivity index (χ1v) is 11.5. The van der Waals surface area contributed by atoms with Gasteiger partial charge in [-0.1, -0.05) is 11.8 Å². The Bertz CT molecular complexity index is 809. The van der Waals surface area contributed by atoms with Crippen LogP contribution >= 0.6 is 11.8 Å². The molecule has 4 fully saturated rings. The van der Waals surface area contributed by atoms with Crippen LogP contribution in [0.2, 0.25) is 0 Å². The molecule has 6 nitrogen and oxygen atoms in total. The van der Waals surface area contributed by atoms with Crippen molar-refractivity contribution in [3.63, 3.8) is 0 Å². The van der Waals surface area contributed by atoms with Gasteiger partial charge in [0.1, 0.15) is 0 Å². The Morgan fingerprint density at radius 1 is 1.25 bits per heavy atom. The van der Waals surface area contributed by atoms with Crippen molar-refractivity contribution in [1.29, 1.82) is 0 Å². The minimum Gasteiger partial charge on any atom is -0.461 e. The van der Waals surface area contributed by atoms with E-state index in [9.17, 15) is 4.79 Å². The summed E-state index contributed by atoms with van der Waals surface area (Å²) in [4.78, 5) is 12.5. The molecular formula is C21H28N4O2S. The largest absolute Gasteiger partial charge is 0.461 e. The standard InChI is InChI=1S/C21H28N4O2S/c1-2-25-19(17-4-3-5-27-17)23-24-20(25)28-12-18(26)22-13-21-9-14-6-15(10-21)8-16(7-14)11-21/h3-5,14-16H,2,6-13H2,1H3,(H,22,26). The monoisotopic (exact) mass is 400 g/mol. The van der Waals surface area contributed by atoms with Crippen molar-refractivity contribution in [1.82, 2.24) is 20.1 Å². The second-order valence-corrected chi connectivity index (χ2v) is 9.95. The van der Waals surface area contributed by atoms with E-state index in [1.165, 1.54) is 50.3 Å². The number of nitrogens with one attached hydrogen (secondary N) is 1. The predicted octanol–water partition coefficient (Wildman–Crippen LogP) is 3.98. The van der Waals surface area contributed by atoms with E-state index in [1.54, 1.807) is 6.26 Å². The van der Waals surface area contributed by atoms with Gasteiger partial charge >= 0.3 is 0 Å². The Labute approximate surface area is 169 Å². The lowest BCUT2D eigenvalue weighted by atomic mass is 9.49. The Balaban J connectivity index is 1.17. The van der Waals surface area contributed by atoms with Crippen LogP contribution in [-0.2, 0) is 11.3 Å². The van der Waals surface area contributed by atoms with Crippen LogP contribution in [0.25, 0.3) is 11.6 Å². The van der Waals surface area contributed by atoms with E-state index in [1.807, 2.05) is 23.6 Å². The van der Waals surface area contributed by atoms with E-state index in [0.29, 0.717) is 22.8 Å². The molecule has 7 heteroatoms. The molecule has 0 radical (unpaired) electrons. The number of nitrogens with zero attached hydrogens (tertiary/aromatic N) is 3. The molecule has 0 aromatic carbocycles. The minimum absolute atomic E-state index is 0.103. The molecule has 0 spiro atoms. The minimum atomic E-state index is 0.103. The summed E-state index contributed by atoms with van der Waals surface area (Å²) in [5.41, 5.74) is 0.380. The van der Waals surface area contributed by atoms with Crippen LogP contribution in [0.15, 0.2) is 28.0 Å². The molecule has 4 saturated carbocycles. The molecule has 0 saturated heterocycles. The number of thioether (sulfide) groups is 1. The average Bonchev–Trinajstić information content (AvgIpc) is 3.32. The van der Waals surface area contributed by atoms with E-state index in [0.717, 1.165) is 36.0 Å². The number of rotatable bonds is 7. The number of aromatic nitrogens is 3. The first kappa shape index (κ1) is 18.3. The van der Waals surface area contributed by atoms with Gasteiger partial charge in [-0.05, 0) is 80.8 Å².